The molecule has 0 N–H and O–H groups in total. The number of aldehydes is 1. The number of anilines is 2. The van der Waals surface area contributed by atoms with Crippen LogP contribution in [0.3, 0.4) is 0 Å². The lowest BCUT2D eigenvalue weighted by molar-refractivity contribution is 0.111. The van der Waals surface area contributed by atoms with Crippen molar-refractivity contribution in [1.29, 1.82) is 5.26 Å². The number of carbonyl (C=O) groups is 1. The van der Waals surface area contributed by atoms with Gasteiger partial charge in [0.1, 0.15) is 11.5 Å². The number of halogens is 2. The smallest absolute Gasteiger partial charge is 0.191 e. The topological polar surface area (TPSA) is 57.0 Å². The lowest BCUT2D eigenvalue weighted by Gasteiger charge is -2.22. The van der Waals surface area contributed by atoms with Gasteiger partial charge in [-0.25, -0.2) is 9.37 Å². The zero-order valence-electron chi connectivity index (χ0n) is 13.7. The zero-order chi connectivity index (χ0) is 18.7. The van der Waals surface area contributed by atoms with Gasteiger partial charge in [-0.1, -0.05) is 17.7 Å². The lowest BCUT2D eigenvalue weighted by atomic mass is 10.1. The van der Waals surface area contributed by atoms with Crippen molar-refractivity contribution in [2.75, 3.05) is 4.90 Å². The molecule has 0 saturated heterocycles. The van der Waals surface area contributed by atoms with Crippen LogP contribution >= 0.6 is 22.9 Å². The second kappa shape index (κ2) is 7.65. The van der Waals surface area contributed by atoms with Gasteiger partial charge in [-0.15, -0.1) is 11.3 Å². The fraction of sp³-hybridized carbons (Fsp3) is 0.105. The number of aromatic nitrogens is 1. The molecule has 26 heavy (non-hydrogen) atoms. The monoisotopic (exact) mass is 385 g/mol. The summed E-state index contributed by atoms with van der Waals surface area (Å²) in [6.45, 7) is 2.22. The van der Waals surface area contributed by atoms with E-state index < -0.39 is 5.82 Å². The maximum atomic E-state index is 13.4. The minimum atomic E-state index is -0.478. The Morgan fingerprint density at radius 3 is 2.62 bits per heavy atom. The van der Waals surface area contributed by atoms with E-state index in [0.29, 0.717) is 22.9 Å². The molecule has 3 aromatic rings. The second-order valence-electron chi connectivity index (χ2n) is 5.55. The molecule has 4 nitrogen and oxygen atoms in total. The van der Waals surface area contributed by atoms with Gasteiger partial charge >= 0.3 is 0 Å². The van der Waals surface area contributed by atoms with E-state index in [2.05, 4.69) is 11.1 Å². The summed E-state index contributed by atoms with van der Waals surface area (Å²) < 4.78 is 13.4. The summed E-state index contributed by atoms with van der Waals surface area (Å²) in [5.41, 5.74) is 2.53. The molecule has 0 aliphatic heterocycles. The third-order valence-corrected chi connectivity index (χ3v) is 5.10. The van der Waals surface area contributed by atoms with Crippen molar-refractivity contribution < 1.29 is 9.18 Å². The standard InChI is InChI=1S/C19H13ClFN3OS/c1-12-18(11-25)23-19(26-12)24(15-5-2-13(9-22)3-6-15)10-14-4-7-17(21)16(20)8-14/h2-8,11H,10H2,1H3. The Bertz CT molecular complexity index is 995. The van der Waals surface area contributed by atoms with Crippen LogP contribution in [0.2, 0.25) is 5.02 Å². The quantitative estimate of drug-likeness (QED) is 0.561. The van der Waals surface area contributed by atoms with Crippen LogP contribution < -0.4 is 4.90 Å². The van der Waals surface area contributed by atoms with E-state index >= 15 is 0 Å². The van der Waals surface area contributed by atoms with Crippen molar-refractivity contribution in [2.45, 2.75) is 13.5 Å². The number of rotatable bonds is 5. The van der Waals surface area contributed by atoms with Gasteiger partial charge in [0.15, 0.2) is 11.4 Å². The Morgan fingerprint density at radius 2 is 2.04 bits per heavy atom. The third kappa shape index (κ3) is 3.74. The van der Waals surface area contributed by atoms with Crippen LogP contribution in [-0.2, 0) is 6.54 Å². The summed E-state index contributed by atoms with van der Waals surface area (Å²) in [4.78, 5) is 18.3. The highest BCUT2D eigenvalue weighted by Gasteiger charge is 2.17. The molecule has 7 heteroatoms. The van der Waals surface area contributed by atoms with Crippen LogP contribution in [0, 0.1) is 24.1 Å². The molecule has 0 saturated carbocycles. The Morgan fingerprint density at radius 1 is 1.31 bits per heavy atom. The molecule has 0 aliphatic carbocycles. The van der Waals surface area contributed by atoms with Gasteiger partial charge in [-0.3, -0.25) is 4.79 Å². The fourth-order valence-electron chi connectivity index (χ4n) is 2.42. The molecule has 3 rings (SSSR count). The molecule has 0 amide bonds. The Hall–Kier alpha value is -2.75. The zero-order valence-corrected chi connectivity index (χ0v) is 15.3. The highest BCUT2D eigenvalue weighted by Crippen LogP contribution is 2.33. The molecular weight excluding hydrogens is 373 g/mol. The summed E-state index contributed by atoms with van der Waals surface area (Å²) in [5.74, 6) is -0.478. The average Bonchev–Trinajstić information content (AvgIpc) is 3.03. The van der Waals surface area contributed by atoms with E-state index in [4.69, 9.17) is 16.9 Å². The molecule has 0 unspecified atom stereocenters. The van der Waals surface area contributed by atoms with Crippen LogP contribution in [0.5, 0.6) is 0 Å². The van der Waals surface area contributed by atoms with Gasteiger partial charge < -0.3 is 4.90 Å². The molecule has 1 heterocycles. The largest absolute Gasteiger partial charge is 0.313 e. The summed E-state index contributed by atoms with van der Waals surface area (Å²) in [6, 6.07) is 13.6. The summed E-state index contributed by atoms with van der Waals surface area (Å²) in [7, 11) is 0. The molecule has 0 fully saturated rings. The normalized spacial score (nSPS) is 10.4. The van der Waals surface area contributed by atoms with Crippen LogP contribution in [-0.4, -0.2) is 11.3 Å². The Labute approximate surface area is 159 Å². The van der Waals surface area contributed by atoms with Crippen molar-refractivity contribution in [3.63, 3.8) is 0 Å². The first-order valence-corrected chi connectivity index (χ1v) is 8.85. The van der Waals surface area contributed by atoms with Crippen molar-refractivity contribution in [1.82, 2.24) is 4.98 Å². The third-order valence-electron chi connectivity index (χ3n) is 3.80. The van der Waals surface area contributed by atoms with E-state index in [-0.39, 0.29) is 5.02 Å². The molecular formula is C19H13ClFN3OS. The highest BCUT2D eigenvalue weighted by atomic mass is 35.5. The molecule has 0 aliphatic rings. The number of benzene rings is 2. The second-order valence-corrected chi connectivity index (χ2v) is 7.14. The van der Waals surface area contributed by atoms with Crippen LogP contribution in [0.4, 0.5) is 15.2 Å². The summed E-state index contributed by atoms with van der Waals surface area (Å²) in [6.07, 6.45) is 0.723. The minimum absolute atomic E-state index is 0.0474. The number of nitrogens with zero attached hydrogens (tertiary/aromatic N) is 3. The van der Waals surface area contributed by atoms with Gasteiger partial charge in [0.05, 0.1) is 23.2 Å². The molecule has 2 aromatic carbocycles. The van der Waals surface area contributed by atoms with Crippen LogP contribution in [0.15, 0.2) is 42.5 Å². The SMILES string of the molecule is Cc1sc(N(Cc2ccc(F)c(Cl)c2)c2ccc(C#N)cc2)nc1C=O. The van der Waals surface area contributed by atoms with Gasteiger partial charge in [0.2, 0.25) is 0 Å². The predicted octanol–water partition coefficient (Wildman–Crippen LogP) is 5.27. The number of nitriles is 1. The van der Waals surface area contributed by atoms with Crippen molar-refractivity contribution in [2.24, 2.45) is 0 Å². The molecule has 0 radical (unpaired) electrons. The number of aryl methyl sites for hydroxylation is 1. The first-order chi connectivity index (χ1) is 12.5. The van der Waals surface area contributed by atoms with Crippen LogP contribution in [0.1, 0.15) is 26.5 Å². The van der Waals surface area contributed by atoms with E-state index in [1.54, 1.807) is 36.4 Å². The number of hydrogen-bond donors (Lipinski definition) is 0. The van der Waals surface area contributed by atoms with Gasteiger partial charge in [-0.05, 0) is 48.9 Å². The average molecular weight is 386 g/mol. The van der Waals surface area contributed by atoms with E-state index in [1.165, 1.54) is 17.4 Å². The fourth-order valence-corrected chi connectivity index (χ4v) is 3.52. The lowest BCUT2D eigenvalue weighted by Crippen LogP contribution is -2.16. The van der Waals surface area contributed by atoms with Crippen LogP contribution in [0.25, 0.3) is 0 Å². The van der Waals surface area contributed by atoms with E-state index in [0.717, 1.165) is 22.4 Å². The molecule has 1 aromatic heterocycles. The Balaban J connectivity index is 2.03. The van der Waals surface area contributed by atoms with Crippen molar-refractivity contribution in [3.8, 4) is 6.07 Å². The summed E-state index contributed by atoms with van der Waals surface area (Å²) in [5, 5.41) is 9.67. The molecule has 0 atom stereocenters. The number of hydrogen-bond acceptors (Lipinski definition) is 5. The van der Waals surface area contributed by atoms with Gasteiger partial charge in [-0.2, -0.15) is 5.26 Å². The number of carbonyl (C=O) groups excluding carboxylic acids is 1. The van der Waals surface area contributed by atoms with Crippen molar-refractivity contribution in [3.05, 3.63) is 75.0 Å². The van der Waals surface area contributed by atoms with Gasteiger partial charge in [0.25, 0.3) is 0 Å². The van der Waals surface area contributed by atoms with E-state index in [9.17, 15) is 9.18 Å². The Kier molecular flexibility index (Phi) is 5.31. The molecule has 0 bridgehead atoms. The maximum Gasteiger partial charge on any atom is 0.191 e. The first kappa shape index (κ1) is 18.1. The van der Waals surface area contributed by atoms with Gasteiger partial charge in [0, 0.05) is 10.6 Å². The minimum Gasteiger partial charge on any atom is -0.313 e. The first-order valence-electron chi connectivity index (χ1n) is 7.66. The summed E-state index contributed by atoms with van der Waals surface area (Å²) >= 11 is 7.28. The molecule has 130 valence electrons. The predicted molar refractivity (Wildman–Crippen MR) is 101 cm³/mol. The highest BCUT2D eigenvalue weighted by molar-refractivity contribution is 7.15. The molecule has 0 spiro atoms. The van der Waals surface area contributed by atoms with E-state index in [1.807, 2.05) is 11.8 Å². The number of thiazole rings is 1. The maximum absolute atomic E-state index is 13.4. The van der Waals surface area contributed by atoms with Crippen molar-refractivity contribution >= 4 is 40.0 Å².